The van der Waals surface area contributed by atoms with E-state index in [0.717, 1.165) is 29.8 Å². The molecule has 1 atom stereocenters. The van der Waals surface area contributed by atoms with Crippen LogP contribution in [0.1, 0.15) is 18.7 Å². The van der Waals surface area contributed by atoms with Crippen molar-refractivity contribution < 1.29 is 4.42 Å². The third-order valence-corrected chi connectivity index (χ3v) is 3.15. The number of fused-ring (bicyclic) bond motifs is 1. The average Bonchev–Trinajstić information content (AvgIpc) is 2.73. The fourth-order valence-electron chi connectivity index (χ4n) is 2.09. The molecule has 0 fully saturated rings. The molecule has 2 rings (SSSR count). The van der Waals surface area contributed by atoms with Crippen LogP contribution in [-0.2, 0) is 0 Å². The highest BCUT2D eigenvalue weighted by Gasteiger charge is 2.17. The Hall–Kier alpha value is -1.03. The smallest absolute Gasteiger partial charge is 0.152 e. The summed E-state index contributed by atoms with van der Waals surface area (Å²) in [4.78, 5) is 2.14. The monoisotopic (exact) mass is 266 g/mol. The predicted molar refractivity (Wildman–Crippen MR) is 76.2 cm³/mol. The van der Waals surface area contributed by atoms with Gasteiger partial charge in [0.15, 0.2) is 5.58 Å². The molecule has 3 nitrogen and oxygen atoms in total. The van der Waals surface area contributed by atoms with Crippen molar-refractivity contribution in [2.45, 2.75) is 13.0 Å². The van der Waals surface area contributed by atoms with Crippen LogP contribution < -0.4 is 5.32 Å². The van der Waals surface area contributed by atoms with Gasteiger partial charge < -0.3 is 14.6 Å². The van der Waals surface area contributed by atoms with Crippen molar-refractivity contribution in [1.29, 1.82) is 0 Å². The van der Waals surface area contributed by atoms with Crippen molar-refractivity contribution in [1.82, 2.24) is 10.2 Å². The standard InChI is InChI=1S/C14H19ClN2O/c1-4-16-12(9-17(2)3)13-8-10-6-5-7-11(15)14(10)18-13/h5-8,12,16H,4,9H2,1-3H3. The molecule has 98 valence electrons. The number of halogens is 1. The second-order valence-electron chi connectivity index (χ2n) is 4.68. The fourth-order valence-corrected chi connectivity index (χ4v) is 2.31. The number of hydrogen-bond acceptors (Lipinski definition) is 3. The highest BCUT2D eigenvalue weighted by Crippen LogP contribution is 2.29. The molecule has 0 aliphatic heterocycles. The minimum atomic E-state index is 0.188. The number of nitrogens with one attached hydrogen (secondary N) is 1. The highest BCUT2D eigenvalue weighted by atomic mass is 35.5. The van der Waals surface area contributed by atoms with Crippen molar-refractivity contribution >= 4 is 22.6 Å². The third kappa shape index (κ3) is 2.86. The fraction of sp³-hybridized carbons (Fsp3) is 0.429. The van der Waals surface area contributed by atoms with E-state index in [1.165, 1.54) is 0 Å². The number of hydrogen-bond donors (Lipinski definition) is 1. The van der Waals surface area contributed by atoms with Crippen molar-refractivity contribution in [3.8, 4) is 0 Å². The van der Waals surface area contributed by atoms with Crippen LogP contribution in [0.2, 0.25) is 5.02 Å². The van der Waals surface area contributed by atoms with Crippen LogP contribution >= 0.6 is 11.6 Å². The average molecular weight is 267 g/mol. The maximum atomic E-state index is 6.13. The van der Waals surface area contributed by atoms with E-state index < -0.39 is 0 Å². The molecule has 0 radical (unpaired) electrons. The van der Waals surface area contributed by atoms with E-state index in [1.54, 1.807) is 0 Å². The van der Waals surface area contributed by atoms with E-state index in [2.05, 4.69) is 37.3 Å². The largest absolute Gasteiger partial charge is 0.458 e. The zero-order chi connectivity index (χ0) is 13.1. The van der Waals surface area contributed by atoms with Gasteiger partial charge in [0.25, 0.3) is 0 Å². The molecule has 1 N–H and O–H groups in total. The summed E-state index contributed by atoms with van der Waals surface area (Å²) in [5, 5.41) is 5.15. The molecule has 0 bridgehead atoms. The Balaban J connectivity index is 2.35. The van der Waals surface area contributed by atoms with Gasteiger partial charge in [-0.25, -0.2) is 0 Å². The summed E-state index contributed by atoms with van der Waals surface area (Å²) in [6, 6.07) is 8.07. The Kier molecular flexibility index (Phi) is 4.27. The number of para-hydroxylation sites is 1. The van der Waals surface area contributed by atoms with Gasteiger partial charge in [-0.2, -0.15) is 0 Å². The van der Waals surface area contributed by atoms with Gasteiger partial charge in [0.2, 0.25) is 0 Å². The molecule has 1 heterocycles. The van der Waals surface area contributed by atoms with E-state index in [4.69, 9.17) is 16.0 Å². The maximum Gasteiger partial charge on any atom is 0.152 e. The Morgan fingerprint density at radius 1 is 1.39 bits per heavy atom. The van der Waals surface area contributed by atoms with Crippen LogP contribution in [0.5, 0.6) is 0 Å². The quantitative estimate of drug-likeness (QED) is 0.900. The van der Waals surface area contributed by atoms with E-state index in [9.17, 15) is 0 Å². The minimum absolute atomic E-state index is 0.188. The molecule has 2 aromatic rings. The second kappa shape index (κ2) is 5.74. The summed E-state index contributed by atoms with van der Waals surface area (Å²) in [7, 11) is 4.11. The van der Waals surface area contributed by atoms with Gasteiger partial charge in [-0.3, -0.25) is 0 Å². The Labute approximate surface area is 113 Å². The lowest BCUT2D eigenvalue weighted by atomic mass is 10.2. The number of likely N-dealkylation sites (N-methyl/N-ethyl adjacent to an activating group) is 2. The summed E-state index contributed by atoms with van der Waals surface area (Å²) >= 11 is 6.13. The topological polar surface area (TPSA) is 28.4 Å². The molecule has 0 aliphatic rings. The summed E-state index contributed by atoms with van der Waals surface area (Å²) in [6.45, 7) is 3.90. The normalized spacial score (nSPS) is 13.4. The van der Waals surface area contributed by atoms with Gasteiger partial charge in [-0.15, -0.1) is 0 Å². The molecule has 0 spiro atoms. The lowest BCUT2D eigenvalue weighted by molar-refractivity contribution is 0.316. The molecule has 0 saturated heterocycles. The van der Waals surface area contributed by atoms with Gasteiger partial charge in [-0.1, -0.05) is 30.7 Å². The van der Waals surface area contributed by atoms with Crippen LogP contribution in [0.15, 0.2) is 28.7 Å². The third-order valence-electron chi connectivity index (χ3n) is 2.86. The first-order valence-electron chi connectivity index (χ1n) is 6.18. The van der Waals surface area contributed by atoms with Gasteiger partial charge in [0.05, 0.1) is 11.1 Å². The summed E-state index contributed by atoms with van der Waals surface area (Å²) < 4.78 is 5.89. The summed E-state index contributed by atoms with van der Waals surface area (Å²) in [6.07, 6.45) is 0. The van der Waals surface area contributed by atoms with Crippen molar-refractivity contribution in [2.24, 2.45) is 0 Å². The Morgan fingerprint density at radius 2 is 2.17 bits per heavy atom. The van der Waals surface area contributed by atoms with E-state index in [0.29, 0.717) is 5.02 Å². The first-order valence-corrected chi connectivity index (χ1v) is 6.55. The second-order valence-corrected chi connectivity index (χ2v) is 5.09. The Morgan fingerprint density at radius 3 is 2.78 bits per heavy atom. The zero-order valence-electron chi connectivity index (χ0n) is 11.0. The van der Waals surface area contributed by atoms with Crippen molar-refractivity contribution in [2.75, 3.05) is 27.2 Å². The van der Waals surface area contributed by atoms with Crippen molar-refractivity contribution in [3.05, 3.63) is 35.0 Å². The van der Waals surface area contributed by atoms with Crippen LogP contribution in [0.4, 0.5) is 0 Å². The van der Waals surface area contributed by atoms with Crippen LogP contribution in [-0.4, -0.2) is 32.1 Å². The molecule has 1 unspecified atom stereocenters. The molecular weight excluding hydrogens is 248 g/mol. The van der Waals surface area contributed by atoms with Gasteiger partial charge in [-0.05, 0) is 32.8 Å². The molecule has 0 amide bonds. The molecule has 18 heavy (non-hydrogen) atoms. The molecule has 4 heteroatoms. The lowest BCUT2D eigenvalue weighted by Crippen LogP contribution is -2.30. The SMILES string of the molecule is CCNC(CN(C)C)c1cc2cccc(Cl)c2o1. The summed E-state index contributed by atoms with van der Waals surface area (Å²) in [5.74, 6) is 0.939. The first kappa shape index (κ1) is 13.4. The number of nitrogens with zero attached hydrogens (tertiary/aromatic N) is 1. The lowest BCUT2D eigenvalue weighted by Gasteiger charge is -2.19. The number of benzene rings is 1. The van der Waals surface area contributed by atoms with Crippen LogP contribution in [0, 0.1) is 0 Å². The highest BCUT2D eigenvalue weighted by molar-refractivity contribution is 6.34. The van der Waals surface area contributed by atoms with Gasteiger partial charge in [0, 0.05) is 11.9 Å². The minimum Gasteiger partial charge on any atom is -0.458 e. The van der Waals surface area contributed by atoms with Gasteiger partial charge >= 0.3 is 0 Å². The van der Waals surface area contributed by atoms with Crippen LogP contribution in [0.3, 0.4) is 0 Å². The molecule has 1 aromatic carbocycles. The van der Waals surface area contributed by atoms with E-state index in [-0.39, 0.29) is 6.04 Å². The predicted octanol–water partition coefficient (Wildman–Crippen LogP) is 3.30. The van der Waals surface area contributed by atoms with E-state index in [1.807, 2.05) is 18.2 Å². The number of rotatable bonds is 5. The van der Waals surface area contributed by atoms with Crippen LogP contribution in [0.25, 0.3) is 11.0 Å². The maximum absolute atomic E-state index is 6.13. The molecule has 0 saturated carbocycles. The van der Waals surface area contributed by atoms with E-state index >= 15 is 0 Å². The number of furan rings is 1. The molecular formula is C14H19ClN2O. The van der Waals surface area contributed by atoms with Gasteiger partial charge in [0.1, 0.15) is 5.76 Å². The Bertz CT molecular complexity index is 521. The van der Waals surface area contributed by atoms with Crippen molar-refractivity contribution in [3.63, 3.8) is 0 Å². The molecule has 0 aliphatic carbocycles. The molecule has 1 aromatic heterocycles. The summed E-state index contributed by atoms with van der Waals surface area (Å²) in [5.41, 5.74) is 0.774. The first-order chi connectivity index (χ1) is 8.61. The zero-order valence-corrected chi connectivity index (χ0v) is 11.8.